The van der Waals surface area contributed by atoms with Crippen LogP contribution in [-0.2, 0) is 4.79 Å². The molecular weight excluding hydrogens is 236 g/mol. The molecule has 0 aromatic rings. The third kappa shape index (κ3) is 2.67. The lowest BCUT2D eigenvalue weighted by Gasteiger charge is -2.26. The summed E-state index contributed by atoms with van der Waals surface area (Å²) in [6.07, 6.45) is 8.64. The molecule has 3 aliphatic rings. The molecule has 1 N–H and O–H groups in total. The van der Waals surface area contributed by atoms with Crippen LogP contribution in [0.1, 0.15) is 51.9 Å². The number of nitrogens with zero attached hydrogens (tertiary/aromatic N) is 1. The Bertz CT molecular complexity index is 336. The summed E-state index contributed by atoms with van der Waals surface area (Å²) in [5.74, 6) is 1.70. The van der Waals surface area contributed by atoms with Crippen molar-refractivity contribution in [2.75, 3.05) is 26.2 Å². The molecule has 2 aliphatic heterocycles. The lowest BCUT2D eigenvalue weighted by Crippen LogP contribution is -2.37. The van der Waals surface area contributed by atoms with Crippen LogP contribution < -0.4 is 5.32 Å². The van der Waals surface area contributed by atoms with Crippen LogP contribution in [0.15, 0.2) is 0 Å². The van der Waals surface area contributed by atoms with Crippen LogP contribution in [0.3, 0.4) is 0 Å². The summed E-state index contributed by atoms with van der Waals surface area (Å²) >= 11 is 0. The van der Waals surface area contributed by atoms with Gasteiger partial charge in [-0.2, -0.15) is 0 Å². The highest BCUT2D eigenvalue weighted by Gasteiger charge is 2.58. The van der Waals surface area contributed by atoms with Crippen molar-refractivity contribution in [2.24, 2.45) is 17.3 Å². The van der Waals surface area contributed by atoms with Gasteiger partial charge in [-0.15, -0.1) is 0 Å². The minimum atomic E-state index is 0.368. The molecule has 0 radical (unpaired) electrons. The first-order chi connectivity index (χ1) is 9.25. The van der Waals surface area contributed by atoms with E-state index >= 15 is 0 Å². The standard InChI is InChI=1S/C16H28N2O/c1-2-13-4-3-10-18(11-5-13)15(19)14-12-16(14)6-8-17-9-7-16/h13-14,17H,2-12H2,1H3/t13-,14-/m0/s1. The maximum absolute atomic E-state index is 12.7. The molecule has 3 rings (SSSR count). The van der Waals surface area contributed by atoms with Gasteiger partial charge in [0.2, 0.25) is 5.91 Å². The first-order valence-corrected chi connectivity index (χ1v) is 8.25. The Morgan fingerprint density at radius 2 is 2.05 bits per heavy atom. The van der Waals surface area contributed by atoms with Crippen molar-refractivity contribution in [3.63, 3.8) is 0 Å². The fraction of sp³-hybridized carbons (Fsp3) is 0.938. The number of hydrogen-bond donors (Lipinski definition) is 1. The molecular formula is C16H28N2O. The van der Waals surface area contributed by atoms with Gasteiger partial charge in [0.15, 0.2) is 0 Å². The number of rotatable bonds is 2. The van der Waals surface area contributed by atoms with E-state index in [0.29, 0.717) is 17.2 Å². The van der Waals surface area contributed by atoms with Crippen LogP contribution in [-0.4, -0.2) is 37.0 Å². The van der Waals surface area contributed by atoms with Gasteiger partial charge in [0, 0.05) is 19.0 Å². The first-order valence-electron chi connectivity index (χ1n) is 8.25. The Morgan fingerprint density at radius 1 is 1.26 bits per heavy atom. The predicted molar refractivity (Wildman–Crippen MR) is 76.9 cm³/mol. The molecule has 3 nitrogen and oxygen atoms in total. The fourth-order valence-electron chi connectivity index (χ4n) is 4.19. The molecule has 2 saturated heterocycles. The number of amides is 1. The van der Waals surface area contributed by atoms with E-state index in [1.54, 1.807) is 0 Å². The first kappa shape index (κ1) is 13.4. The van der Waals surface area contributed by atoms with Gasteiger partial charge in [-0.25, -0.2) is 0 Å². The van der Waals surface area contributed by atoms with E-state index in [1.807, 2.05) is 0 Å². The van der Waals surface area contributed by atoms with Crippen molar-refractivity contribution < 1.29 is 4.79 Å². The molecule has 0 unspecified atom stereocenters. The molecule has 1 saturated carbocycles. The monoisotopic (exact) mass is 264 g/mol. The summed E-state index contributed by atoms with van der Waals surface area (Å²) in [5, 5.41) is 3.42. The Morgan fingerprint density at radius 3 is 2.79 bits per heavy atom. The maximum Gasteiger partial charge on any atom is 0.226 e. The van der Waals surface area contributed by atoms with E-state index in [-0.39, 0.29) is 0 Å². The minimum absolute atomic E-state index is 0.368. The summed E-state index contributed by atoms with van der Waals surface area (Å²) in [5.41, 5.74) is 0.402. The molecule has 1 amide bonds. The molecule has 0 aromatic heterocycles. The SMILES string of the molecule is CC[C@H]1CCCN(C(=O)[C@@H]2CC23CCNCC3)CC1. The van der Waals surface area contributed by atoms with Gasteiger partial charge in [0.05, 0.1) is 0 Å². The summed E-state index contributed by atoms with van der Waals surface area (Å²) in [6, 6.07) is 0. The number of piperidine rings is 1. The van der Waals surface area contributed by atoms with Crippen molar-refractivity contribution in [3.8, 4) is 0 Å². The van der Waals surface area contributed by atoms with Crippen LogP contribution >= 0.6 is 0 Å². The second kappa shape index (κ2) is 5.43. The second-order valence-electron chi connectivity index (χ2n) is 6.90. The Kier molecular flexibility index (Phi) is 3.84. The zero-order valence-electron chi connectivity index (χ0n) is 12.3. The van der Waals surface area contributed by atoms with Crippen LogP contribution in [0.25, 0.3) is 0 Å². The number of nitrogens with one attached hydrogen (secondary N) is 1. The summed E-state index contributed by atoms with van der Waals surface area (Å²) in [7, 11) is 0. The van der Waals surface area contributed by atoms with Gasteiger partial charge in [0.1, 0.15) is 0 Å². The lowest BCUT2D eigenvalue weighted by atomic mass is 9.91. The van der Waals surface area contributed by atoms with E-state index < -0.39 is 0 Å². The number of hydrogen-bond acceptors (Lipinski definition) is 2. The van der Waals surface area contributed by atoms with Crippen molar-refractivity contribution in [1.82, 2.24) is 10.2 Å². The molecule has 1 aliphatic carbocycles. The zero-order valence-corrected chi connectivity index (χ0v) is 12.3. The van der Waals surface area contributed by atoms with Crippen molar-refractivity contribution in [3.05, 3.63) is 0 Å². The number of carbonyl (C=O) groups is 1. The molecule has 0 aromatic carbocycles. The quantitative estimate of drug-likeness (QED) is 0.830. The summed E-state index contributed by atoms with van der Waals surface area (Å²) in [4.78, 5) is 14.9. The number of carbonyl (C=O) groups excluding carboxylic acids is 1. The van der Waals surface area contributed by atoms with E-state index in [1.165, 1.54) is 44.9 Å². The van der Waals surface area contributed by atoms with Crippen LogP contribution in [0, 0.1) is 17.3 Å². The Labute approximate surface area is 117 Å². The molecule has 19 heavy (non-hydrogen) atoms. The van der Waals surface area contributed by atoms with Crippen LogP contribution in [0.2, 0.25) is 0 Å². The highest BCUT2D eigenvalue weighted by atomic mass is 16.2. The van der Waals surface area contributed by atoms with Crippen molar-refractivity contribution >= 4 is 5.91 Å². The van der Waals surface area contributed by atoms with Gasteiger partial charge in [0.25, 0.3) is 0 Å². The van der Waals surface area contributed by atoms with Gasteiger partial charge in [-0.3, -0.25) is 4.79 Å². The van der Waals surface area contributed by atoms with Gasteiger partial charge in [-0.05, 0) is 62.9 Å². The minimum Gasteiger partial charge on any atom is -0.342 e. The normalized spacial score (nSPS) is 34.1. The molecule has 2 heterocycles. The molecule has 3 heteroatoms. The average Bonchev–Trinajstić information content (AvgIpc) is 3.18. The van der Waals surface area contributed by atoms with E-state index in [4.69, 9.17) is 0 Å². The molecule has 2 atom stereocenters. The molecule has 108 valence electrons. The smallest absolute Gasteiger partial charge is 0.226 e. The molecule has 3 fully saturated rings. The van der Waals surface area contributed by atoms with Crippen molar-refractivity contribution in [2.45, 2.75) is 51.9 Å². The van der Waals surface area contributed by atoms with Gasteiger partial charge >= 0.3 is 0 Å². The van der Waals surface area contributed by atoms with Gasteiger partial charge in [-0.1, -0.05) is 13.3 Å². The summed E-state index contributed by atoms with van der Waals surface area (Å²) in [6.45, 7) is 6.54. The second-order valence-corrected chi connectivity index (χ2v) is 6.90. The predicted octanol–water partition coefficient (Wildman–Crippen LogP) is 2.41. The fourth-order valence-corrected chi connectivity index (χ4v) is 4.19. The lowest BCUT2D eigenvalue weighted by molar-refractivity contribution is -0.133. The zero-order chi connectivity index (χ0) is 13.3. The third-order valence-electron chi connectivity index (χ3n) is 5.82. The molecule has 1 spiro atoms. The highest BCUT2D eigenvalue weighted by molar-refractivity contribution is 5.82. The van der Waals surface area contributed by atoms with Crippen molar-refractivity contribution in [1.29, 1.82) is 0 Å². The Balaban J connectivity index is 1.56. The van der Waals surface area contributed by atoms with E-state index in [9.17, 15) is 4.79 Å². The van der Waals surface area contributed by atoms with Crippen LogP contribution in [0.5, 0.6) is 0 Å². The third-order valence-corrected chi connectivity index (χ3v) is 5.82. The Hall–Kier alpha value is -0.570. The maximum atomic E-state index is 12.7. The highest BCUT2D eigenvalue weighted by Crippen LogP contribution is 2.59. The number of likely N-dealkylation sites (tertiary alicyclic amines) is 1. The largest absolute Gasteiger partial charge is 0.342 e. The van der Waals surface area contributed by atoms with Crippen LogP contribution in [0.4, 0.5) is 0 Å². The topological polar surface area (TPSA) is 32.3 Å². The summed E-state index contributed by atoms with van der Waals surface area (Å²) < 4.78 is 0. The van der Waals surface area contributed by atoms with E-state index in [0.717, 1.165) is 32.1 Å². The van der Waals surface area contributed by atoms with Gasteiger partial charge < -0.3 is 10.2 Å². The molecule has 0 bridgehead atoms. The average molecular weight is 264 g/mol. The van der Waals surface area contributed by atoms with E-state index in [2.05, 4.69) is 17.1 Å².